The average molecular weight is 275 g/mol. The van der Waals surface area contributed by atoms with Gasteiger partial charge in [-0.2, -0.15) is 0 Å². The van der Waals surface area contributed by atoms with E-state index in [1.165, 1.54) is 12.1 Å². The monoisotopic (exact) mass is 275 g/mol. The van der Waals surface area contributed by atoms with E-state index in [9.17, 15) is 9.50 Å². The van der Waals surface area contributed by atoms with Crippen LogP contribution in [0, 0.1) is 5.82 Å². The van der Waals surface area contributed by atoms with Gasteiger partial charge in [0.15, 0.2) is 0 Å². The second-order valence-electron chi connectivity index (χ2n) is 4.52. The molecule has 0 saturated heterocycles. The number of hydrogen-bond donors (Lipinski definition) is 2. The normalized spacial score (nSPS) is 12.2. The molecule has 0 aliphatic rings. The highest BCUT2D eigenvalue weighted by atomic mass is 19.1. The molecule has 106 valence electrons. The van der Waals surface area contributed by atoms with Crippen molar-refractivity contribution in [2.75, 3.05) is 19.0 Å². The summed E-state index contributed by atoms with van der Waals surface area (Å²) in [5.41, 5.74) is 2.75. The lowest BCUT2D eigenvalue weighted by atomic mass is 10.0. The molecule has 2 N–H and O–H groups in total. The Kier molecular flexibility index (Phi) is 5.09. The van der Waals surface area contributed by atoms with E-state index in [1.54, 1.807) is 19.2 Å². The molecule has 3 nitrogen and oxygen atoms in total. The lowest BCUT2D eigenvalue weighted by molar-refractivity contribution is 0.183. The molecule has 0 heterocycles. The molecule has 0 radical (unpaired) electrons. The SMILES string of the molecule is COCc1ccccc1C(CO)Nc1ccc(F)cc1. The van der Waals surface area contributed by atoms with E-state index in [0.717, 1.165) is 16.8 Å². The standard InChI is InChI=1S/C16H18FNO2/c1-20-11-12-4-2-3-5-15(12)16(10-19)18-14-8-6-13(17)7-9-14/h2-9,16,18-19H,10-11H2,1H3. The molecule has 1 unspecified atom stereocenters. The van der Waals surface area contributed by atoms with E-state index in [1.807, 2.05) is 24.3 Å². The third-order valence-corrected chi connectivity index (χ3v) is 3.10. The van der Waals surface area contributed by atoms with Gasteiger partial charge in [0.2, 0.25) is 0 Å². The van der Waals surface area contributed by atoms with Gasteiger partial charge < -0.3 is 15.2 Å². The van der Waals surface area contributed by atoms with Gasteiger partial charge >= 0.3 is 0 Å². The van der Waals surface area contributed by atoms with E-state index in [0.29, 0.717) is 6.61 Å². The predicted molar refractivity (Wildman–Crippen MR) is 77.0 cm³/mol. The Labute approximate surface area is 118 Å². The van der Waals surface area contributed by atoms with Crippen molar-refractivity contribution in [3.05, 3.63) is 65.5 Å². The van der Waals surface area contributed by atoms with Crippen molar-refractivity contribution in [2.24, 2.45) is 0 Å². The Bertz CT molecular complexity index is 542. The van der Waals surface area contributed by atoms with Gasteiger partial charge in [-0.15, -0.1) is 0 Å². The minimum Gasteiger partial charge on any atom is -0.394 e. The van der Waals surface area contributed by atoms with Gasteiger partial charge in [0.05, 0.1) is 19.3 Å². The molecule has 2 rings (SSSR count). The van der Waals surface area contributed by atoms with Gasteiger partial charge in [0, 0.05) is 12.8 Å². The van der Waals surface area contributed by atoms with Crippen LogP contribution in [0.3, 0.4) is 0 Å². The maximum atomic E-state index is 12.9. The molecule has 0 aliphatic carbocycles. The van der Waals surface area contributed by atoms with Crippen LogP contribution in [-0.4, -0.2) is 18.8 Å². The topological polar surface area (TPSA) is 41.5 Å². The van der Waals surface area contributed by atoms with Crippen molar-refractivity contribution < 1.29 is 14.2 Å². The zero-order valence-corrected chi connectivity index (χ0v) is 11.3. The van der Waals surface area contributed by atoms with Crippen molar-refractivity contribution in [1.29, 1.82) is 0 Å². The van der Waals surface area contributed by atoms with Crippen LogP contribution in [0.25, 0.3) is 0 Å². The number of ether oxygens (including phenoxy) is 1. The van der Waals surface area contributed by atoms with Crippen molar-refractivity contribution in [1.82, 2.24) is 0 Å². The molecule has 2 aromatic carbocycles. The first-order valence-electron chi connectivity index (χ1n) is 6.44. The number of hydrogen-bond acceptors (Lipinski definition) is 3. The highest BCUT2D eigenvalue weighted by Gasteiger charge is 2.14. The highest BCUT2D eigenvalue weighted by molar-refractivity contribution is 5.46. The Balaban J connectivity index is 2.21. The molecule has 0 fully saturated rings. The molecule has 20 heavy (non-hydrogen) atoms. The second kappa shape index (κ2) is 7.03. The van der Waals surface area contributed by atoms with Crippen LogP contribution in [-0.2, 0) is 11.3 Å². The summed E-state index contributed by atoms with van der Waals surface area (Å²) >= 11 is 0. The lowest BCUT2D eigenvalue weighted by Gasteiger charge is -2.21. The van der Waals surface area contributed by atoms with Gasteiger partial charge in [-0.1, -0.05) is 24.3 Å². The van der Waals surface area contributed by atoms with E-state index >= 15 is 0 Å². The molecule has 4 heteroatoms. The van der Waals surface area contributed by atoms with E-state index in [2.05, 4.69) is 5.32 Å². The van der Waals surface area contributed by atoms with E-state index < -0.39 is 0 Å². The number of anilines is 1. The number of halogens is 1. The van der Waals surface area contributed by atoms with Gasteiger partial charge in [-0.05, 0) is 35.4 Å². The minimum absolute atomic E-state index is 0.0574. The molecular formula is C16H18FNO2. The van der Waals surface area contributed by atoms with Crippen LogP contribution in [0.2, 0.25) is 0 Å². The Hall–Kier alpha value is -1.91. The Morgan fingerprint density at radius 1 is 1.15 bits per heavy atom. The van der Waals surface area contributed by atoms with Crippen molar-refractivity contribution in [3.8, 4) is 0 Å². The summed E-state index contributed by atoms with van der Waals surface area (Å²) in [6.07, 6.45) is 0. The van der Waals surface area contributed by atoms with Crippen LogP contribution < -0.4 is 5.32 Å². The number of rotatable bonds is 6. The highest BCUT2D eigenvalue weighted by Crippen LogP contribution is 2.23. The van der Waals surface area contributed by atoms with E-state index in [-0.39, 0.29) is 18.5 Å². The van der Waals surface area contributed by atoms with Crippen molar-refractivity contribution in [3.63, 3.8) is 0 Å². The third-order valence-electron chi connectivity index (χ3n) is 3.10. The average Bonchev–Trinajstić information content (AvgIpc) is 2.48. The summed E-state index contributed by atoms with van der Waals surface area (Å²) in [6, 6.07) is 13.6. The van der Waals surface area contributed by atoms with Crippen LogP contribution in [0.5, 0.6) is 0 Å². The third kappa shape index (κ3) is 3.56. The van der Waals surface area contributed by atoms with Crippen molar-refractivity contribution >= 4 is 5.69 Å². The number of methoxy groups -OCH3 is 1. The largest absolute Gasteiger partial charge is 0.394 e. The smallest absolute Gasteiger partial charge is 0.123 e. The van der Waals surface area contributed by atoms with E-state index in [4.69, 9.17) is 4.74 Å². The molecule has 0 amide bonds. The summed E-state index contributed by atoms with van der Waals surface area (Å²) in [4.78, 5) is 0. The lowest BCUT2D eigenvalue weighted by Crippen LogP contribution is -2.17. The number of aliphatic hydroxyl groups excluding tert-OH is 1. The molecule has 2 aromatic rings. The maximum absolute atomic E-state index is 12.9. The number of benzene rings is 2. The summed E-state index contributed by atoms with van der Waals surface area (Å²) < 4.78 is 18.1. The van der Waals surface area contributed by atoms with Crippen LogP contribution in [0.15, 0.2) is 48.5 Å². The number of nitrogens with one attached hydrogen (secondary N) is 1. The molecule has 0 aromatic heterocycles. The molecular weight excluding hydrogens is 257 g/mol. The van der Waals surface area contributed by atoms with Gasteiger partial charge in [0.25, 0.3) is 0 Å². The fraction of sp³-hybridized carbons (Fsp3) is 0.250. The van der Waals surface area contributed by atoms with Gasteiger partial charge in [-0.3, -0.25) is 0 Å². The zero-order chi connectivity index (χ0) is 14.4. The molecule has 0 spiro atoms. The number of aliphatic hydroxyl groups is 1. The summed E-state index contributed by atoms with van der Waals surface area (Å²) in [5, 5.41) is 12.8. The fourth-order valence-electron chi connectivity index (χ4n) is 2.13. The molecule has 0 saturated carbocycles. The van der Waals surface area contributed by atoms with Gasteiger partial charge in [0.1, 0.15) is 5.82 Å². The summed E-state index contributed by atoms with van der Waals surface area (Å²) in [7, 11) is 1.64. The zero-order valence-electron chi connectivity index (χ0n) is 11.3. The summed E-state index contributed by atoms with van der Waals surface area (Å²) in [6.45, 7) is 0.426. The quantitative estimate of drug-likeness (QED) is 0.851. The van der Waals surface area contributed by atoms with Crippen LogP contribution >= 0.6 is 0 Å². The summed E-state index contributed by atoms with van der Waals surface area (Å²) in [5.74, 6) is -0.282. The Morgan fingerprint density at radius 2 is 1.85 bits per heavy atom. The Morgan fingerprint density at radius 3 is 2.50 bits per heavy atom. The van der Waals surface area contributed by atoms with Gasteiger partial charge in [-0.25, -0.2) is 4.39 Å². The first-order chi connectivity index (χ1) is 9.74. The second-order valence-corrected chi connectivity index (χ2v) is 4.52. The predicted octanol–water partition coefficient (Wildman–Crippen LogP) is 3.12. The maximum Gasteiger partial charge on any atom is 0.123 e. The van der Waals surface area contributed by atoms with Crippen LogP contribution in [0.4, 0.5) is 10.1 Å². The first-order valence-corrected chi connectivity index (χ1v) is 6.44. The fourth-order valence-corrected chi connectivity index (χ4v) is 2.13. The molecule has 1 atom stereocenters. The first kappa shape index (κ1) is 14.5. The molecule has 0 bridgehead atoms. The van der Waals surface area contributed by atoms with Crippen LogP contribution in [0.1, 0.15) is 17.2 Å². The minimum atomic E-state index is -0.282. The van der Waals surface area contributed by atoms with Crippen molar-refractivity contribution in [2.45, 2.75) is 12.6 Å². The molecule has 0 aliphatic heterocycles.